The Labute approximate surface area is 116 Å². The number of nitrogens with two attached hydrogens (primary N) is 1. The van der Waals surface area contributed by atoms with Crippen LogP contribution in [0, 0.1) is 5.92 Å². The van der Waals surface area contributed by atoms with Crippen molar-refractivity contribution in [3.05, 3.63) is 18.1 Å². The fourth-order valence-corrected chi connectivity index (χ4v) is 2.61. The first-order chi connectivity index (χ1) is 9.54. The van der Waals surface area contributed by atoms with E-state index in [4.69, 9.17) is 5.73 Å². The molecule has 0 radical (unpaired) electrons. The van der Waals surface area contributed by atoms with Crippen LogP contribution in [-0.2, 0) is 4.79 Å². The molecule has 7 heteroatoms. The average Bonchev–Trinajstić information content (AvgIpc) is 2.46. The van der Waals surface area contributed by atoms with E-state index in [2.05, 4.69) is 16.9 Å². The van der Waals surface area contributed by atoms with E-state index >= 15 is 0 Å². The molecule has 2 heterocycles. The van der Waals surface area contributed by atoms with Gasteiger partial charge in [0.2, 0.25) is 0 Å². The number of carboxylic acids is 1. The van der Waals surface area contributed by atoms with Gasteiger partial charge in [-0.15, -0.1) is 0 Å². The minimum atomic E-state index is -0.913. The van der Waals surface area contributed by atoms with E-state index in [1.54, 1.807) is 4.90 Å². The second kappa shape index (κ2) is 5.85. The molecule has 1 saturated heterocycles. The zero-order chi connectivity index (χ0) is 14.7. The Morgan fingerprint density at radius 1 is 1.45 bits per heavy atom. The number of rotatable bonds is 4. The molecule has 108 valence electrons. The number of carboxylic acid groups (broad SMARTS) is 1. The van der Waals surface area contributed by atoms with Crippen molar-refractivity contribution in [2.45, 2.75) is 32.2 Å². The molecule has 20 heavy (non-hydrogen) atoms. The number of carbonyl (C=O) groups excluding carboxylic acids is 1. The van der Waals surface area contributed by atoms with Crippen LogP contribution in [0.1, 0.15) is 36.7 Å². The molecule has 2 unspecified atom stereocenters. The van der Waals surface area contributed by atoms with E-state index in [1.807, 2.05) is 0 Å². The zero-order valence-corrected chi connectivity index (χ0v) is 11.3. The fraction of sp³-hybridized carbons (Fsp3) is 0.538. The highest BCUT2D eigenvalue weighted by Gasteiger charge is 2.35. The molecule has 1 amide bonds. The molecular weight excluding hydrogens is 260 g/mol. The van der Waals surface area contributed by atoms with Crippen molar-refractivity contribution in [2.75, 3.05) is 11.4 Å². The topological polar surface area (TPSA) is 109 Å². The summed E-state index contributed by atoms with van der Waals surface area (Å²) < 4.78 is 0. The summed E-state index contributed by atoms with van der Waals surface area (Å²) >= 11 is 0. The number of primary amides is 1. The standard InChI is InChI=1S/C13H18N4O3/c1-2-8-3-6-17(9(7-8)13(19)20)12-10(11(14)18)15-4-5-16-12/h4-5,8-9H,2-3,6-7H2,1H3,(H2,14,18)(H,19,20). The molecule has 2 atom stereocenters. The largest absolute Gasteiger partial charge is 0.480 e. The number of aromatic nitrogens is 2. The maximum Gasteiger partial charge on any atom is 0.326 e. The lowest BCUT2D eigenvalue weighted by Gasteiger charge is -2.37. The van der Waals surface area contributed by atoms with Crippen LogP contribution in [0.3, 0.4) is 0 Å². The van der Waals surface area contributed by atoms with Gasteiger partial charge in [0.05, 0.1) is 0 Å². The molecule has 1 aliphatic heterocycles. The first-order valence-electron chi connectivity index (χ1n) is 6.64. The van der Waals surface area contributed by atoms with Gasteiger partial charge in [-0.3, -0.25) is 4.79 Å². The molecule has 0 saturated carbocycles. The Hall–Kier alpha value is -2.18. The SMILES string of the molecule is CCC1CCN(c2nccnc2C(N)=O)C(C(=O)O)C1. The van der Waals surface area contributed by atoms with Gasteiger partial charge in [-0.25, -0.2) is 14.8 Å². The lowest BCUT2D eigenvalue weighted by molar-refractivity contribution is -0.139. The van der Waals surface area contributed by atoms with Crippen LogP contribution in [0.25, 0.3) is 0 Å². The molecule has 3 N–H and O–H groups in total. The van der Waals surface area contributed by atoms with Gasteiger partial charge >= 0.3 is 5.97 Å². The molecule has 1 aliphatic rings. The second-order valence-electron chi connectivity index (χ2n) is 4.94. The molecule has 0 aliphatic carbocycles. The Morgan fingerprint density at radius 3 is 2.75 bits per heavy atom. The fourth-order valence-electron chi connectivity index (χ4n) is 2.61. The van der Waals surface area contributed by atoms with Crippen molar-refractivity contribution < 1.29 is 14.7 Å². The number of piperidine rings is 1. The summed E-state index contributed by atoms with van der Waals surface area (Å²) in [6, 6.07) is -0.691. The Bertz CT molecular complexity index is 520. The number of hydrogen-bond acceptors (Lipinski definition) is 5. The maximum absolute atomic E-state index is 11.5. The van der Waals surface area contributed by atoms with E-state index in [-0.39, 0.29) is 11.5 Å². The quantitative estimate of drug-likeness (QED) is 0.837. The number of carbonyl (C=O) groups is 2. The van der Waals surface area contributed by atoms with Gasteiger partial charge in [0.1, 0.15) is 6.04 Å². The van der Waals surface area contributed by atoms with Crippen LogP contribution < -0.4 is 10.6 Å². The molecule has 0 aromatic carbocycles. The average molecular weight is 278 g/mol. The molecule has 1 aromatic rings. The molecule has 1 aromatic heterocycles. The van der Waals surface area contributed by atoms with Crippen molar-refractivity contribution in [3.8, 4) is 0 Å². The molecule has 2 rings (SSSR count). The van der Waals surface area contributed by atoms with Crippen LogP contribution in [0.5, 0.6) is 0 Å². The summed E-state index contributed by atoms with van der Waals surface area (Å²) in [5, 5.41) is 9.41. The van der Waals surface area contributed by atoms with Crippen molar-refractivity contribution in [1.29, 1.82) is 0 Å². The van der Waals surface area contributed by atoms with Crippen molar-refractivity contribution in [2.24, 2.45) is 11.7 Å². The highest BCUT2D eigenvalue weighted by Crippen LogP contribution is 2.29. The predicted molar refractivity (Wildman–Crippen MR) is 72.3 cm³/mol. The van der Waals surface area contributed by atoms with Gasteiger partial charge in [-0.2, -0.15) is 0 Å². The zero-order valence-electron chi connectivity index (χ0n) is 11.3. The molecule has 0 bridgehead atoms. The van der Waals surface area contributed by atoms with Crippen LogP contribution in [-0.4, -0.2) is 39.5 Å². The second-order valence-corrected chi connectivity index (χ2v) is 4.94. The smallest absolute Gasteiger partial charge is 0.326 e. The van der Waals surface area contributed by atoms with Crippen LogP contribution in [0.15, 0.2) is 12.4 Å². The van der Waals surface area contributed by atoms with E-state index in [9.17, 15) is 14.7 Å². The molecular formula is C13H18N4O3. The molecule has 7 nitrogen and oxygen atoms in total. The monoisotopic (exact) mass is 278 g/mol. The van der Waals surface area contributed by atoms with Gasteiger partial charge in [0, 0.05) is 18.9 Å². The van der Waals surface area contributed by atoms with Crippen molar-refractivity contribution >= 4 is 17.7 Å². The summed E-state index contributed by atoms with van der Waals surface area (Å²) in [6.07, 6.45) is 5.17. The summed E-state index contributed by atoms with van der Waals surface area (Å²) in [6.45, 7) is 2.59. The first-order valence-corrected chi connectivity index (χ1v) is 6.64. The minimum absolute atomic E-state index is 0.0219. The third-order valence-electron chi connectivity index (χ3n) is 3.76. The minimum Gasteiger partial charge on any atom is -0.480 e. The van der Waals surface area contributed by atoms with Crippen LogP contribution >= 0.6 is 0 Å². The summed E-state index contributed by atoms with van der Waals surface area (Å²) in [5.74, 6) is -0.970. The van der Waals surface area contributed by atoms with Crippen LogP contribution in [0.4, 0.5) is 5.82 Å². The lowest BCUT2D eigenvalue weighted by Crippen LogP contribution is -2.48. The lowest BCUT2D eigenvalue weighted by atomic mass is 9.89. The first kappa shape index (κ1) is 14.2. The van der Waals surface area contributed by atoms with Crippen molar-refractivity contribution in [3.63, 3.8) is 0 Å². The van der Waals surface area contributed by atoms with Gasteiger partial charge < -0.3 is 15.7 Å². The number of nitrogens with zero attached hydrogens (tertiary/aromatic N) is 3. The van der Waals surface area contributed by atoms with Crippen molar-refractivity contribution in [1.82, 2.24) is 9.97 Å². The van der Waals surface area contributed by atoms with E-state index in [0.717, 1.165) is 12.8 Å². The highest BCUT2D eigenvalue weighted by atomic mass is 16.4. The maximum atomic E-state index is 11.5. The molecule has 0 spiro atoms. The summed E-state index contributed by atoms with van der Waals surface area (Å²) in [5.41, 5.74) is 5.30. The molecule has 1 fully saturated rings. The van der Waals surface area contributed by atoms with E-state index in [1.165, 1.54) is 12.4 Å². The third-order valence-corrected chi connectivity index (χ3v) is 3.76. The summed E-state index contributed by atoms with van der Waals surface area (Å²) in [4.78, 5) is 32.5. The van der Waals surface area contributed by atoms with E-state index < -0.39 is 17.9 Å². The Morgan fingerprint density at radius 2 is 2.15 bits per heavy atom. The van der Waals surface area contributed by atoms with E-state index in [0.29, 0.717) is 18.9 Å². The van der Waals surface area contributed by atoms with Gasteiger partial charge in [-0.05, 0) is 18.8 Å². The number of amides is 1. The van der Waals surface area contributed by atoms with Gasteiger partial charge in [-0.1, -0.05) is 13.3 Å². The number of anilines is 1. The third kappa shape index (κ3) is 2.71. The summed E-state index contributed by atoms with van der Waals surface area (Å²) in [7, 11) is 0. The normalized spacial score (nSPS) is 22.6. The number of aliphatic carboxylic acids is 1. The highest BCUT2D eigenvalue weighted by molar-refractivity contribution is 5.96. The predicted octanol–water partition coefficient (Wildman–Crippen LogP) is 0.655. The van der Waals surface area contributed by atoms with Crippen LogP contribution in [0.2, 0.25) is 0 Å². The van der Waals surface area contributed by atoms with Gasteiger partial charge in [0.25, 0.3) is 5.91 Å². The van der Waals surface area contributed by atoms with Gasteiger partial charge in [0.15, 0.2) is 11.5 Å². The Balaban J connectivity index is 2.35. The Kier molecular flexibility index (Phi) is 4.16. The number of hydrogen-bond donors (Lipinski definition) is 2.